The van der Waals surface area contributed by atoms with Gasteiger partial charge in [-0.25, -0.2) is 4.79 Å². The van der Waals surface area contributed by atoms with Crippen LogP contribution in [0.15, 0.2) is 24.1 Å². The van der Waals surface area contributed by atoms with Gasteiger partial charge >= 0.3 is 6.09 Å². The molecule has 0 fully saturated rings. The first-order chi connectivity index (χ1) is 5.65. The van der Waals surface area contributed by atoms with Gasteiger partial charge in [-0.05, 0) is 19.1 Å². The minimum Gasteiger partial charge on any atom is -0.497 e. The third-order valence-corrected chi connectivity index (χ3v) is 1.70. The molecule has 1 N–H and O–H groups in total. The molecule has 0 aromatic carbocycles. The SMILES string of the molecule is COC1=CC(C)N(C(=O)O)C=C1. The minimum atomic E-state index is -0.954. The first-order valence-electron chi connectivity index (χ1n) is 3.60. The Hall–Kier alpha value is -1.45. The molecule has 1 amide bonds. The van der Waals surface area contributed by atoms with Crippen LogP contribution in [0.3, 0.4) is 0 Å². The number of carbonyl (C=O) groups is 1. The summed E-state index contributed by atoms with van der Waals surface area (Å²) in [5.41, 5.74) is 0. The monoisotopic (exact) mass is 169 g/mol. The normalized spacial score (nSPS) is 22.0. The van der Waals surface area contributed by atoms with Gasteiger partial charge in [0.25, 0.3) is 0 Å². The van der Waals surface area contributed by atoms with Crippen molar-refractivity contribution < 1.29 is 14.6 Å². The lowest BCUT2D eigenvalue weighted by Gasteiger charge is -2.23. The molecule has 1 aliphatic rings. The van der Waals surface area contributed by atoms with Crippen LogP contribution in [0.25, 0.3) is 0 Å². The third kappa shape index (κ3) is 1.58. The number of ether oxygens (including phenoxy) is 1. The Morgan fingerprint density at radius 1 is 1.75 bits per heavy atom. The maximum absolute atomic E-state index is 10.6. The van der Waals surface area contributed by atoms with Gasteiger partial charge in [0.05, 0.1) is 13.2 Å². The number of nitrogens with zero attached hydrogens (tertiary/aromatic N) is 1. The van der Waals surface area contributed by atoms with Crippen LogP contribution < -0.4 is 0 Å². The van der Waals surface area contributed by atoms with Gasteiger partial charge in [-0.1, -0.05) is 0 Å². The molecule has 1 atom stereocenters. The molecule has 0 aliphatic carbocycles. The first kappa shape index (κ1) is 8.64. The molecule has 0 aromatic rings. The Balaban J connectivity index is 2.74. The highest BCUT2D eigenvalue weighted by Crippen LogP contribution is 2.13. The zero-order valence-corrected chi connectivity index (χ0v) is 7.02. The Morgan fingerprint density at radius 2 is 2.42 bits per heavy atom. The zero-order valence-electron chi connectivity index (χ0n) is 7.02. The lowest BCUT2D eigenvalue weighted by Crippen LogP contribution is -2.33. The van der Waals surface area contributed by atoms with Crippen LogP contribution in [0.2, 0.25) is 0 Å². The highest BCUT2D eigenvalue weighted by molar-refractivity contribution is 5.67. The van der Waals surface area contributed by atoms with E-state index in [-0.39, 0.29) is 6.04 Å². The van der Waals surface area contributed by atoms with E-state index in [4.69, 9.17) is 9.84 Å². The topological polar surface area (TPSA) is 49.8 Å². The van der Waals surface area contributed by atoms with Crippen molar-refractivity contribution in [1.82, 2.24) is 4.90 Å². The predicted octanol–water partition coefficient (Wildman–Crippen LogP) is 1.41. The van der Waals surface area contributed by atoms with Gasteiger partial charge < -0.3 is 9.84 Å². The fourth-order valence-electron chi connectivity index (χ4n) is 1.04. The maximum Gasteiger partial charge on any atom is 0.411 e. The number of allylic oxidation sites excluding steroid dienone is 1. The average molecular weight is 169 g/mol. The molecule has 0 saturated carbocycles. The molecule has 12 heavy (non-hydrogen) atoms. The first-order valence-corrected chi connectivity index (χ1v) is 3.60. The van der Waals surface area contributed by atoms with E-state index in [2.05, 4.69) is 0 Å². The summed E-state index contributed by atoms with van der Waals surface area (Å²) in [7, 11) is 1.55. The second kappa shape index (κ2) is 3.30. The van der Waals surface area contributed by atoms with Gasteiger partial charge in [-0.3, -0.25) is 4.90 Å². The zero-order chi connectivity index (χ0) is 9.14. The second-order valence-electron chi connectivity index (χ2n) is 2.52. The van der Waals surface area contributed by atoms with Crippen molar-refractivity contribution in [3.8, 4) is 0 Å². The van der Waals surface area contributed by atoms with Gasteiger partial charge in [-0.2, -0.15) is 0 Å². The molecule has 0 bridgehead atoms. The van der Waals surface area contributed by atoms with Crippen molar-refractivity contribution in [2.45, 2.75) is 13.0 Å². The van der Waals surface area contributed by atoms with E-state index >= 15 is 0 Å². The van der Waals surface area contributed by atoms with Crippen molar-refractivity contribution in [3.63, 3.8) is 0 Å². The Kier molecular flexibility index (Phi) is 2.38. The van der Waals surface area contributed by atoms with Crippen LogP contribution in [0.5, 0.6) is 0 Å². The minimum absolute atomic E-state index is 0.164. The molecule has 4 nitrogen and oxygen atoms in total. The molecule has 1 unspecified atom stereocenters. The Labute approximate surface area is 70.7 Å². The second-order valence-corrected chi connectivity index (χ2v) is 2.52. The van der Waals surface area contributed by atoms with Crippen LogP contribution in [0.4, 0.5) is 4.79 Å². The average Bonchev–Trinajstić information content (AvgIpc) is 2.03. The summed E-state index contributed by atoms with van der Waals surface area (Å²) >= 11 is 0. The van der Waals surface area contributed by atoms with Crippen LogP contribution in [-0.4, -0.2) is 29.3 Å². The Morgan fingerprint density at radius 3 is 2.83 bits per heavy atom. The number of hydrogen-bond donors (Lipinski definition) is 1. The molecule has 0 radical (unpaired) electrons. The molecule has 1 rings (SSSR count). The highest BCUT2D eigenvalue weighted by atomic mass is 16.5. The molecule has 0 spiro atoms. The number of methoxy groups -OCH3 is 1. The van der Waals surface area contributed by atoms with Gasteiger partial charge in [0.2, 0.25) is 0 Å². The van der Waals surface area contributed by atoms with E-state index in [1.54, 1.807) is 26.2 Å². The summed E-state index contributed by atoms with van der Waals surface area (Å²) in [4.78, 5) is 11.8. The van der Waals surface area contributed by atoms with Crippen molar-refractivity contribution in [1.29, 1.82) is 0 Å². The number of rotatable bonds is 1. The third-order valence-electron chi connectivity index (χ3n) is 1.70. The standard InChI is InChI=1S/C8H11NO3/c1-6-5-7(12-2)3-4-9(6)8(10)11/h3-6H,1-2H3,(H,10,11). The number of hydrogen-bond acceptors (Lipinski definition) is 2. The summed E-state index contributed by atoms with van der Waals surface area (Å²) < 4.78 is 4.94. The fourth-order valence-corrected chi connectivity index (χ4v) is 1.04. The molecule has 0 saturated heterocycles. The number of carboxylic acid groups (broad SMARTS) is 1. The van der Waals surface area contributed by atoms with Crippen molar-refractivity contribution in [2.75, 3.05) is 7.11 Å². The molecule has 1 heterocycles. The lowest BCUT2D eigenvalue weighted by molar-refractivity contribution is 0.154. The molecular formula is C8H11NO3. The van der Waals surface area contributed by atoms with E-state index in [1.807, 2.05) is 0 Å². The molecule has 4 heteroatoms. The quantitative estimate of drug-likeness (QED) is 0.645. The summed E-state index contributed by atoms with van der Waals surface area (Å²) in [6, 6.07) is -0.164. The highest BCUT2D eigenvalue weighted by Gasteiger charge is 2.18. The van der Waals surface area contributed by atoms with Crippen LogP contribution in [0, 0.1) is 0 Å². The van der Waals surface area contributed by atoms with Crippen molar-refractivity contribution in [3.05, 3.63) is 24.1 Å². The van der Waals surface area contributed by atoms with E-state index in [0.717, 1.165) is 0 Å². The van der Waals surface area contributed by atoms with E-state index < -0.39 is 6.09 Å². The largest absolute Gasteiger partial charge is 0.497 e. The summed E-state index contributed by atoms with van der Waals surface area (Å²) in [6.07, 6.45) is 3.90. The van der Waals surface area contributed by atoms with Gasteiger partial charge in [0.15, 0.2) is 0 Å². The van der Waals surface area contributed by atoms with Crippen LogP contribution >= 0.6 is 0 Å². The molecule has 66 valence electrons. The van der Waals surface area contributed by atoms with Crippen LogP contribution in [0.1, 0.15) is 6.92 Å². The molecular weight excluding hydrogens is 158 g/mol. The number of amides is 1. The summed E-state index contributed by atoms with van der Waals surface area (Å²) in [6.45, 7) is 1.79. The smallest absolute Gasteiger partial charge is 0.411 e. The van der Waals surface area contributed by atoms with Crippen LogP contribution in [-0.2, 0) is 4.74 Å². The van der Waals surface area contributed by atoms with Gasteiger partial charge in [0, 0.05) is 6.20 Å². The Bertz CT molecular complexity index is 245. The van der Waals surface area contributed by atoms with E-state index in [9.17, 15) is 4.79 Å². The fraction of sp³-hybridized carbons (Fsp3) is 0.375. The molecule has 1 aliphatic heterocycles. The van der Waals surface area contributed by atoms with Crippen molar-refractivity contribution >= 4 is 6.09 Å². The molecule has 0 aromatic heterocycles. The lowest BCUT2D eigenvalue weighted by atomic mass is 10.2. The van der Waals surface area contributed by atoms with Gasteiger partial charge in [-0.15, -0.1) is 0 Å². The maximum atomic E-state index is 10.6. The van der Waals surface area contributed by atoms with Gasteiger partial charge in [0.1, 0.15) is 5.76 Å². The summed E-state index contributed by atoms with van der Waals surface area (Å²) in [5, 5.41) is 8.67. The van der Waals surface area contributed by atoms with E-state index in [0.29, 0.717) is 5.76 Å². The van der Waals surface area contributed by atoms with Crippen molar-refractivity contribution in [2.24, 2.45) is 0 Å². The summed E-state index contributed by atoms with van der Waals surface area (Å²) in [5.74, 6) is 0.694. The predicted molar refractivity (Wildman–Crippen MR) is 43.6 cm³/mol. The van der Waals surface area contributed by atoms with E-state index in [1.165, 1.54) is 11.1 Å².